The molecule has 0 spiro atoms. The third kappa shape index (κ3) is 4.53. The number of carbonyl (C=O) groups excluding carboxylic acids is 1. The summed E-state index contributed by atoms with van der Waals surface area (Å²) in [5.41, 5.74) is 3.12. The van der Waals surface area contributed by atoms with E-state index in [1.807, 2.05) is 31.2 Å². The van der Waals surface area contributed by atoms with Gasteiger partial charge in [-0.15, -0.1) is 5.10 Å². The molecule has 0 atom stereocenters. The first-order chi connectivity index (χ1) is 17.5. The van der Waals surface area contributed by atoms with Gasteiger partial charge < -0.3 is 19.4 Å². The predicted molar refractivity (Wildman–Crippen MR) is 134 cm³/mol. The molecule has 2 aromatic heterocycles. The maximum atomic E-state index is 13.2. The van der Waals surface area contributed by atoms with E-state index in [-0.39, 0.29) is 22.9 Å². The minimum atomic E-state index is -0.299. The van der Waals surface area contributed by atoms with E-state index in [0.29, 0.717) is 61.0 Å². The molecule has 0 radical (unpaired) electrons. The van der Waals surface area contributed by atoms with Gasteiger partial charge in [0.15, 0.2) is 11.2 Å². The van der Waals surface area contributed by atoms with Crippen LogP contribution in [0.5, 0.6) is 11.5 Å². The minimum absolute atomic E-state index is 0.0200. The van der Waals surface area contributed by atoms with Crippen molar-refractivity contribution in [1.29, 1.82) is 0 Å². The van der Waals surface area contributed by atoms with Crippen LogP contribution in [0.4, 0.5) is 0 Å². The largest absolute Gasteiger partial charge is 0.497 e. The van der Waals surface area contributed by atoms with Crippen molar-refractivity contribution in [3.63, 3.8) is 0 Å². The van der Waals surface area contributed by atoms with E-state index < -0.39 is 0 Å². The molecule has 5 rings (SSSR count). The lowest BCUT2D eigenvalue weighted by molar-refractivity contribution is 0.0707. The fourth-order valence-electron chi connectivity index (χ4n) is 4.55. The Bertz CT molecular complexity index is 1450. The van der Waals surface area contributed by atoms with E-state index in [1.165, 1.54) is 12.7 Å². The number of piperidine rings is 1. The van der Waals surface area contributed by atoms with Crippen molar-refractivity contribution in [3.05, 3.63) is 75.3 Å². The van der Waals surface area contributed by atoms with Crippen LogP contribution >= 0.6 is 0 Å². The second-order valence-electron chi connectivity index (χ2n) is 8.99. The molecule has 1 N–H and O–H groups in total. The molecule has 186 valence electrons. The quantitative estimate of drug-likeness (QED) is 0.444. The second kappa shape index (κ2) is 9.80. The molecule has 36 heavy (non-hydrogen) atoms. The highest BCUT2D eigenvalue weighted by Crippen LogP contribution is 2.30. The van der Waals surface area contributed by atoms with Gasteiger partial charge in [0.2, 0.25) is 0 Å². The summed E-state index contributed by atoms with van der Waals surface area (Å²) in [6, 6.07) is 13.3. The summed E-state index contributed by atoms with van der Waals surface area (Å²) >= 11 is 0. The number of nitrogens with one attached hydrogen (secondary N) is 1. The van der Waals surface area contributed by atoms with Crippen molar-refractivity contribution in [2.75, 3.05) is 27.3 Å². The molecule has 0 bridgehead atoms. The zero-order valence-corrected chi connectivity index (χ0v) is 20.5. The Balaban J connectivity index is 1.33. The zero-order valence-electron chi connectivity index (χ0n) is 20.5. The number of hydrogen-bond acceptors (Lipinski definition) is 7. The summed E-state index contributed by atoms with van der Waals surface area (Å²) in [4.78, 5) is 35.4. The van der Waals surface area contributed by atoms with Gasteiger partial charge in [0.05, 0.1) is 26.3 Å². The van der Waals surface area contributed by atoms with Gasteiger partial charge in [0.25, 0.3) is 11.5 Å². The Labute approximate surface area is 207 Å². The molecule has 4 aromatic rings. The second-order valence-corrected chi connectivity index (χ2v) is 8.99. The third-order valence-corrected chi connectivity index (χ3v) is 6.65. The van der Waals surface area contributed by atoms with Crippen molar-refractivity contribution in [3.8, 4) is 11.5 Å². The summed E-state index contributed by atoms with van der Waals surface area (Å²) in [6.07, 6.45) is 1.36. The fourth-order valence-corrected chi connectivity index (χ4v) is 4.55. The van der Waals surface area contributed by atoms with Crippen LogP contribution in [0, 0.1) is 6.92 Å². The standard InChI is InChI=1S/C26H28N6O4/c1-16-4-6-17(7-5-16)15-32-24-22(29-30-32)25(33)28-23(27-24)18-10-12-31(13-11-18)26(34)20-9-8-19(35-2)14-21(20)36-3/h4-9,14,18H,10-13,15H2,1-3H3,(H,27,28,33). The number of aryl methyl sites for hydroxylation is 1. The van der Waals surface area contributed by atoms with Gasteiger partial charge in [0, 0.05) is 25.1 Å². The number of carbonyl (C=O) groups is 1. The first kappa shape index (κ1) is 23.5. The number of rotatable bonds is 6. The highest BCUT2D eigenvalue weighted by atomic mass is 16.5. The summed E-state index contributed by atoms with van der Waals surface area (Å²) in [5.74, 6) is 1.64. The van der Waals surface area contributed by atoms with Crippen molar-refractivity contribution in [2.24, 2.45) is 0 Å². The molecule has 0 saturated carbocycles. The van der Waals surface area contributed by atoms with Gasteiger partial charge in [-0.1, -0.05) is 35.0 Å². The van der Waals surface area contributed by atoms with E-state index in [9.17, 15) is 9.59 Å². The van der Waals surface area contributed by atoms with Gasteiger partial charge in [-0.05, 0) is 37.5 Å². The summed E-state index contributed by atoms with van der Waals surface area (Å²) in [6.45, 7) is 3.60. The molecule has 1 fully saturated rings. The van der Waals surface area contributed by atoms with E-state index in [2.05, 4.69) is 15.3 Å². The monoisotopic (exact) mass is 488 g/mol. The molecular formula is C26H28N6O4. The van der Waals surface area contributed by atoms with Crippen molar-refractivity contribution >= 4 is 17.1 Å². The Kier molecular flexibility index (Phi) is 6.41. The minimum Gasteiger partial charge on any atom is -0.497 e. The molecule has 1 saturated heterocycles. The number of aromatic nitrogens is 5. The normalized spacial score (nSPS) is 14.2. The van der Waals surface area contributed by atoms with E-state index in [4.69, 9.17) is 14.5 Å². The summed E-state index contributed by atoms with van der Waals surface area (Å²) < 4.78 is 12.3. The van der Waals surface area contributed by atoms with Gasteiger partial charge >= 0.3 is 0 Å². The first-order valence-corrected chi connectivity index (χ1v) is 11.9. The lowest BCUT2D eigenvalue weighted by atomic mass is 9.95. The zero-order chi connectivity index (χ0) is 25.2. The van der Waals surface area contributed by atoms with Gasteiger partial charge in [-0.2, -0.15) is 0 Å². The number of methoxy groups -OCH3 is 2. The Morgan fingerprint density at radius 3 is 2.53 bits per heavy atom. The first-order valence-electron chi connectivity index (χ1n) is 11.9. The SMILES string of the molecule is COc1ccc(C(=O)N2CCC(c3nc4c(nnn4Cc4ccc(C)cc4)c(=O)[nH]3)CC2)c(OC)c1. The number of hydrogen-bond donors (Lipinski definition) is 1. The van der Waals surface area contributed by atoms with E-state index >= 15 is 0 Å². The summed E-state index contributed by atoms with van der Waals surface area (Å²) in [7, 11) is 3.11. The number of H-pyrrole nitrogens is 1. The molecule has 10 heteroatoms. The number of fused-ring (bicyclic) bond motifs is 1. The number of nitrogens with zero attached hydrogens (tertiary/aromatic N) is 5. The maximum Gasteiger partial charge on any atom is 0.281 e. The van der Waals surface area contributed by atoms with Crippen LogP contribution in [-0.2, 0) is 6.54 Å². The topological polar surface area (TPSA) is 115 Å². The van der Waals surface area contributed by atoms with Crippen molar-refractivity contribution < 1.29 is 14.3 Å². The smallest absolute Gasteiger partial charge is 0.281 e. The molecular weight excluding hydrogens is 460 g/mol. The fraction of sp³-hybridized carbons (Fsp3) is 0.346. The highest BCUT2D eigenvalue weighted by molar-refractivity contribution is 5.97. The van der Waals surface area contributed by atoms with Crippen molar-refractivity contribution in [2.45, 2.75) is 32.2 Å². The Hall–Kier alpha value is -4.21. The molecule has 1 aliphatic rings. The number of ether oxygens (including phenoxy) is 2. The highest BCUT2D eigenvalue weighted by Gasteiger charge is 2.28. The third-order valence-electron chi connectivity index (χ3n) is 6.65. The Morgan fingerprint density at radius 2 is 1.83 bits per heavy atom. The number of benzene rings is 2. The lowest BCUT2D eigenvalue weighted by Gasteiger charge is -2.31. The predicted octanol–water partition coefficient (Wildman–Crippen LogP) is 2.91. The molecule has 1 aliphatic heterocycles. The lowest BCUT2D eigenvalue weighted by Crippen LogP contribution is -2.38. The van der Waals surface area contributed by atoms with Crippen LogP contribution in [0.3, 0.4) is 0 Å². The van der Waals surface area contributed by atoms with Crippen LogP contribution in [0.25, 0.3) is 11.2 Å². The Morgan fingerprint density at radius 1 is 1.08 bits per heavy atom. The number of aromatic amines is 1. The van der Waals surface area contributed by atoms with Gasteiger partial charge in [-0.3, -0.25) is 9.59 Å². The average Bonchev–Trinajstić information content (AvgIpc) is 3.32. The number of amides is 1. The van der Waals surface area contributed by atoms with Gasteiger partial charge in [0.1, 0.15) is 17.3 Å². The van der Waals surface area contributed by atoms with Crippen molar-refractivity contribution in [1.82, 2.24) is 29.9 Å². The van der Waals surface area contributed by atoms with E-state index in [0.717, 1.165) is 5.56 Å². The van der Waals surface area contributed by atoms with Crippen LogP contribution in [0.1, 0.15) is 46.1 Å². The maximum absolute atomic E-state index is 13.2. The summed E-state index contributed by atoms with van der Waals surface area (Å²) in [5, 5.41) is 8.22. The van der Waals surface area contributed by atoms with Gasteiger partial charge in [-0.25, -0.2) is 9.67 Å². The molecule has 3 heterocycles. The van der Waals surface area contributed by atoms with Crippen LogP contribution in [-0.4, -0.2) is 63.1 Å². The molecule has 2 aromatic carbocycles. The van der Waals surface area contributed by atoms with Crippen LogP contribution in [0.2, 0.25) is 0 Å². The molecule has 10 nitrogen and oxygen atoms in total. The van der Waals surface area contributed by atoms with Crippen LogP contribution < -0.4 is 15.0 Å². The molecule has 1 amide bonds. The number of likely N-dealkylation sites (tertiary alicyclic amines) is 1. The van der Waals surface area contributed by atoms with E-state index in [1.54, 1.807) is 34.9 Å². The van der Waals surface area contributed by atoms with Crippen LogP contribution in [0.15, 0.2) is 47.3 Å². The molecule has 0 unspecified atom stereocenters. The molecule has 0 aliphatic carbocycles. The average molecular weight is 489 g/mol.